The summed E-state index contributed by atoms with van der Waals surface area (Å²) >= 11 is 0. The molecule has 0 atom stereocenters. The Hall–Kier alpha value is -4.16. The van der Waals surface area contributed by atoms with Crippen molar-refractivity contribution in [2.24, 2.45) is 0 Å². The van der Waals surface area contributed by atoms with Crippen molar-refractivity contribution in [1.29, 1.82) is 0 Å². The predicted molar refractivity (Wildman–Crippen MR) is 75.8 cm³/mol. The van der Waals surface area contributed by atoms with Gasteiger partial charge in [-0.15, -0.1) is 0 Å². The minimum absolute atomic E-state index is 0.275. The summed E-state index contributed by atoms with van der Waals surface area (Å²) in [7, 11) is 0. The maximum absolute atomic E-state index is 11.1. The molecule has 2 rings (SSSR count). The van der Waals surface area contributed by atoms with Crippen LogP contribution in [0, 0.1) is 30.3 Å². The number of H-pyrrole nitrogens is 1. The van der Waals surface area contributed by atoms with E-state index in [1.807, 2.05) is 0 Å². The number of carboxylic acids is 1. The summed E-state index contributed by atoms with van der Waals surface area (Å²) in [6.07, 6.45) is 3.09. The summed E-state index contributed by atoms with van der Waals surface area (Å²) in [5.74, 6) is -2.37. The first kappa shape index (κ1) is 18.9. The van der Waals surface area contributed by atoms with Crippen molar-refractivity contribution in [2.45, 2.75) is 0 Å². The summed E-state index contributed by atoms with van der Waals surface area (Å²) in [6, 6.07) is 3.94. The second-order valence-electron chi connectivity index (χ2n) is 4.18. The molecule has 13 heteroatoms. The number of non-ortho nitro benzene ring substituents is 1. The van der Waals surface area contributed by atoms with E-state index >= 15 is 0 Å². The van der Waals surface area contributed by atoms with Crippen LogP contribution in [0.3, 0.4) is 0 Å². The van der Waals surface area contributed by atoms with Crippen LogP contribution < -0.4 is 10.1 Å². The molecular weight excluding hydrogens is 344 g/mol. The van der Waals surface area contributed by atoms with Crippen LogP contribution in [0.1, 0.15) is 10.4 Å². The van der Waals surface area contributed by atoms with Gasteiger partial charge in [-0.2, -0.15) is 0 Å². The molecule has 0 saturated carbocycles. The summed E-state index contributed by atoms with van der Waals surface area (Å²) in [5.41, 5.74) is -2.99. The average Bonchev–Trinajstić information content (AvgIpc) is 2.55. The van der Waals surface area contributed by atoms with Crippen LogP contribution in [0.4, 0.5) is 17.1 Å². The second kappa shape index (κ2) is 7.91. The number of rotatable bonds is 4. The first-order chi connectivity index (χ1) is 11.6. The first-order valence-electron chi connectivity index (χ1n) is 6.12. The number of pyridine rings is 1. The normalized spacial score (nSPS) is 9.44. The number of carboxylic acid groups (broad SMARTS) is 1. The molecule has 0 bridgehead atoms. The lowest BCUT2D eigenvalue weighted by molar-refractivity contribution is -0.420. The standard InChI is InChI=1S/C6H3N3O7.C6H5NO2/c10-6-4(8(13)14)1-3(7(11)12)2-5(6)9(15)16;8-6(9)5-2-1-3-7-4-5/h1-2,10H;1-4H,(H,8,9). The van der Waals surface area contributed by atoms with Crippen LogP contribution in [0.15, 0.2) is 36.7 Å². The highest BCUT2D eigenvalue weighted by Gasteiger charge is 2.24. The summed E-state index contributed by atoms with van der Waals surface area (Å²) in [5, 5.41) is 50.5. The summed E-state index contributed by atoms with van der Waals surface area (Å²) < 4.78 is 0. The minimum Gasteiger partial charge on any atom is -0.863 e. The van der Waals surface area contributed by atoms with E-state index in [9.17, 15) is 40.2 Å². The van der Waals surface area contributed by atoms with Crippen molar-refractivity contribution in [3.05, 3.63) is 72.6 Å². The molecule has 1 aromatic carbocycles. The van der Waals surface area contributed by atoms with Crippen LogP contribution >= 0.6 is 0 Å². The number of aromatic nitrogens is 1. The molecule has 1 heterocycles. The van der Waals surface area contributed by atoms with Gasteiger partial charge in [0, 0.05) is 6.07 Å². The van der Waals surface area contributed by atoms with E-state index in [0.717, 1.165) is 0 Å². The van der Waals surface area contributed by atoms with Crippen LogP contribution in [0.5, 0.6) is 5.75 Å². The fourth-order valence-corrected chi connectivity index (χ4v) is 1.49. The molecule has 1 aromatic heterocycles. The molecule has 0 aliphatic rings. The number of nitro benzene ring substituents is 3. The SMILES string of the molecule is O=C(O)c1ccc[nH+]c1.O=[N+]([O-])c1cc([N+](=O)[O-])c([O-])c([N+](=O)[O-])c1. The molecular formula is C12H8N4O9. The number of hydrogen-bond acceptors (Lipinski definition) is 8. The van der Waals surface area contributed by atoms with Gasteiger partial charge in [0.05, 0.1) is 32.7 Å². The number of aromatic carboxylic acids is 1. The zero-order valence-electron chi connectivity index (χ0n) is 12.0. The Balaban J connectivity index is 0.000000293. The number of carbonyl (C=O) groups is 1. The third-order valence-corrected chi connectivity index (χ3v) is 2.59. The van der Waals surface area contributed by atoms with Gasteiger partial charge >= 0.3 is 5.97 Å². The second-order valence-corrected chi connectivity index (χ2v) is 4.18. The van der Waals surface area contributed by atoms with Crippen molar-refractivity contribution in [2.75, 3.05) is 0 Å². The highest BCUT2D eigenvalue weighted by molar-refractivity contribution is 5.86. The van der Waals surface area contributed by atoms with Gasteiger partial charge < -0.3 is 10.2 Å². The Morgan fingerprint density at radius 3 is 1.80 bits per heavy atom. The lowest BCUT2D eigenvalue weighted by atomic mass is 10.2. The van der Waals surface area contributed by atoms with E-state index in [1.54, 1.807) is 12.3 Å². The molecule has 0 amide bonds. The molecule has 25 heavy (non-hydrogen) atoms. The van der Waals surface area contributed by atoms with E-state index in [4.69, 9.17) is 5.11 Å². The molecule has 13 nitrogen and oxygen atoms in total. The number of hydrogen-bond donors (Lipinski definition) is 1. The van der Waals surface area contributed by atoms with Gasteiger partial charge in [0.2, 0.25) is 0 Å². The van der Waals surface area contributed by atoms with E-state index < -0.39 is 43.6 Å². The van der Waals surface area contributed by atoms with E-state index in [1.165, 1.54) is 12.3 Å². The van der Waals surface area contributed by atoms with Crippen molar-refractivity contribution in [3.63, 3.8) is 0 Å². The Labute approximate surface area is 137 Å². The van der Waals surface area contributed by atoms with Crippen LogP contribution in [0.25, 0.3) is 0 Å². The summed E-state index contributed by atoms with van der Waals surface area (Å²) in [4.78, 5) is 40.4. The van der Waals surface area contributed by atoms with E-state index in [0.29, 0.717) is 12.1 Å². The number of nitro groups is 3. The third-order valence-electron chi connectivity index (χ3n) is 2.59. The number of nitrogens with one attached hydrogen (secondary N) is 1. The number of aromatic amines is 1. The lowest BCUT2D eigenvalue weighted by Gasteiger charge is -2.06. The van der Waals surface area contributed by atoms with Gasteiger partial charge in [0.15, 0.2) is 12.4 Å². The monoisotopic (exact) mass is 352 g/mol. The molecule has 2 aromatic rings. The number of benzene rings is 1. The maximum Gasteiger partial charge on any atom is 0.341 e. The van der Waals surface area contributed by atoms with Gasteiger partial charge in [-0.25, -0.2) is 9.78 Å². The zero-order valence-corrected chi connectivity index (χ0v) is 12.0. The van der Waals surface area contributed by atoms with Crippen molar-refractivity contribution < 1.29 is 34.8 Å². The smallest absolute Gasteiger partial charge is 0.341 e. The fourth-order valence-electron chi connectivity index (χ4n) is 1.49. The highest BCUT2D eigenvalue weighted by atomic mass is 16.6. The largest absolute Gasteiger partial charge is 0.863 e. The quantitative estimate of drug-likeness (QED) is 0.605. The third kappa shape index (κ3) is 4.92. The zero-order chi connectivity index (χ0) is 19.1. The maximum atomic E-state index is 11.1. The van der Waals surface area contributed by atoms with Crippen LogP contribution in [0.2, 0.25) is 0 Å². The van der Waals surface area contributed by atoms with Crippen LogP contribution in [-0.2, 0) is 0 Å². The fraction of sp³-hybridized carbons (Fsp3) is 0. The molecule has 0 unspecified atom stereocenters. The van der Waals surface area contributed by atoms with E-state index in [-0.39, 0.29) is 5.56 Å². The molecule has 0 saturated heterocycles. The Bertz CT molecular complexity index is 803. The Morgan fingerprint density at radius 1 is 1.00 bits per heavy atom. The molecule has 0 aliphatic carbocycles. The number of nitrogens with zero attached hydrogens (tertiary/aromatic N) is 3. The van der Waals surface area contributed by atoms with E-state index in [2.05, 4.69) is 4.98 Å². The molecule has 0 radical (unpaired) electrons. The van der Waals surface area contributed by atoms with Gasteiger partial charge in [-0.1, -0.05) is 0 Å². The van der Waals surface area contributed by atoms with Gasteiger partial charge in [0.1, 0.15) is 5.56 Å². The van der Waals surface area contributed by atoms with Crippen molar-refractivity contribution in [3.8, 4) is 5.75 Å². The molecule has 0 fully saturated rings. The highest BCUT2D eigenvalue weighted by Crippen LogP contribution is 2.36. The van der Waals surface area contributed by atoms with Gasteiger partial charge in [0.25, 0.3) is 17.1 Å². The van der Waals surface area contributed by atoms with Crippen molar-refractivity contribution >= 4 is 23.0 Å². The Kier molecular flexibility index (Phi) is 5.98. The van der Waals surface area contributed by atoms with Gasteiger partial charge in [-0.05, 0) is 6.07 Å². The van der Waals surface area contributed by atoms with Crippen molar-refractivity contribution in [1.82, 2.24) is 0 Å². The molecule has 0 spiro atoms. The molecule has 2 N–H and O–H groups in total. The minimum atomic E-state index is -1.46. The first-order valence-corrected chi connectivity index (χ1v) is 6.12. The predicted octanol–water partition coefficient (Wildman–Crippen LogP) is 0.684. The average molecular weight is 352 g/mol. The summed E-state index contributed by atoms with van der Waals surface area (Å²) in [6.45, 7) is 0. The lowest BCUT2D eigenvalue weighted by Crippen LogP contribution is -2.05. The van der Waals surface area contributed by atoms with Crippen LogP contribution in [-0.4, -0.2) is 25.8 Å². The molecule has 130 valence electrons. The Morgan fingerprint density at radius 2 is 1.52 bits per heavy atom. The van der Waals surface area contributed by atoms with Gasteiger partial charge in [-0.3, -0.25) is 30.3 Å². The topological polar surface area (TPSA) is 204 Å². The molecule has 0 aliphatic heterocycles.